The largest absolute Gasteiger partial charge is 0.399 e. The lowest BCUT2D eigenvalue weighted by Gasteiger charge is -2.18. The molecule has 0 saturated carbocycles. The summed E-state index contributed by atoms with van der Waals surface area (Å²) in [6.45, 7) is -0.915. The maximum atomic E-state index is 13.5. The van der Waals surface area contributed by atoms with E-state index in [2.05, 4.69) is 0 Å². The van der Waals surface area contributed by atoms with Crippen molar-refractivity contribution in [2.75, 3.05) is 19.3 Å². The van der Waals surface area contributed by atoms with Crippen LogP contribution in [-0.4, -0.2) is 32.5 Å². The summed E-state index contributed by atoms with van der Waals surface area (Å²) in [6.07, 6.45) is -5.97. The number of nitrogen functional groups attached to an aromatic ring is 1. The number of nitrogens with two attached hydrogens (primary N) is 1. The first-order valence-corrected chi connectivity index (χ1v) is 6.67. The van der Waals surface area contributed by atoms with E-state index in [1.165, 1.54) is 0 Å². The van der Waals surface area contributed by atoms with Crippen LogP contribution in [0.2, 0.25) is 0 Å². The quantitative estimate of drug-likeness (QED) is 0.683. The average molecular weight is 318 g/mol. The van der Waals surface area contributed by atoms with E-state index in [1.807, 2.05) is 0 Å². The first-order valence-electron chi connectivity index (χ1n) is 5.23. The second kappa shape index (κ2) is 5.52. The topological polar surface area (TPSA) is 63.4 Å². The van der Waals surface area contributed by atoms with Crippen LogP contribution in [0.4, 0.5) is 27.6 Å². The van der Waals surface area contributed by atoms with Gasteiger partial charge in [0.05, 0.1) is 6.42 Å². The van der Waals surface area contributed by atoms with E-state index in [0.717, 1.165) is 7.05 Å². The molecule has 0 radical (unpaired) electrons. The van der Waals surface area contributed by atoms with Gasteiger partial charge in [-0.15, -0.1) is 0 Å². The van der Waals surface area contributed by atoms with E-state index in [0.29, 0.717) is 12.1 Å². The van der Waals surface area contributed by atoms with E-state index in [4.69, 9.17) is 5.73 Å². The van der Waals surface area contributed by atoms with Crippen LogP contribution < -0.4 is 5.73 Å². The highest BCUT2D eigenvalue weighted by Gasteiger charge is 2.32. The standard InChI is InChI=1S/C10H11F5N2O2S/c1-17(3-2-10(13,14)15)20(18,19)8-5-6(16)4-7(11)9(8)12/h4-5H,2-3,16H2,1H3. The van der Waals surface area contributed by atoms with E-state index < -0.39 is 45.7 Å². The lowest BCUT2D eigenvalue weighted by Crippen LogP contribution is -2.31. The van der Waals surface area contributed by atoms with Crippen LogP contribution in [-0.2, 0) is 10.0 Å². The van der Waals surface area contributed by atoms with E-state index >= 15 is 0 Å². The summed E-state index contributed by atoms with van der Waals surface area (Å²) < 4.78 is 86.7. The van der Waals surface area contributed by atoms with Crippen molar-refractivity contribution in [2.45, 2.75) is 17.5 Å². The lowest BCUT2D eigenvalue weighted by atomic mass is 10.3. The minimum atomic E-state index is -4.60. The number of hydrogen-bond donors (Lipinski definition) is 1. The molecule has 4 nitrogen and oxygen atoms in total. The monoisotopic (exact) mass is 318 g/mol. The summed E-state index contributed by atoms with van der Waals surface area (Å²) in [6, 6.07) is 1.22. The van der Waals surface area contributed by atoms with Crippen molar-refractivity contribution in [1.82, 2.24) is 4.31 Å². The van der Waals surface area contributed by atoms with Crippen LogP contribution in [0.15, 0.2) is 17.0 Å². The molecule has 0 bridgehead atoms. The Morgan fingerprint density at radius 2 is 1.80 bits per heavy atom. The highest BCUT2D eigenvalue weighted by molar-refractivity contribution is 7.89. The molecule has 0 aromatic heterocycles. The van der Waals surface area contributed by atoms with Gasteiger partial charge in [-0.25, -0.2) is 21.5 Å². The van der Waals surface area contributed by atoms with E-state index in [9.17, 15) is 30.4 Å². The second-order valence-corrected chi connectivity index (χ2v) is 6.02. The molecule has 2 N–H and O–H groups in total. The Morgan fingerprint density at radius 1 is 1.25 bits per heavy atom. The van der Waals surface area contributed by atoms with Crippen molar-refractivity contribution in [3.8, 4) is 0 Å². The van der Waals surface area contributed by atoms with Gasteiger partial charge in [-0.05, 0) is 12.1 Å². The van der Waals surface area contributed by atoms with Gasteiger partial charge in [0.2, 0.25) is 10.0 Å². The molecule has 114 valence electrons. The molecule has 0 aliphatic heterocycles. The number of nitrogens with zero attached hydrogens (tertiary/aromatic N) is 1. The molecule has 0 saturated heterocycles. The summed E-state index contributed by atoms with van der Waals surface area (Å²) in [5, 5.41) is 0. The van der Waals surface area contributed by atoms with Crippen LogP contribution in [0.5, 0.6) is 0 Å². The predicted molar refractivity (Wildman–Crippen MR) is 61.3 cm³/mol. The molecule has 0 aliphatic carbocycles. The van der Waals surface area contributed by atoms with Crippen molar-refractivity contribution in [2.24, 2.45) is 0 Å². The lowest BCUT2D eigenvalue weighted by molar-refractivity contribution is -0.135. The smallest absolute Gasteiger partial charge is 0.390 e. The maximum absolute atomic E-state index is 13.5. The molecule has 0 atom stereocenters. The van der Waals surface area contributed by atoms with Crippen molar-refractivity contribution in [1.29, 1.82) is 0 Å². The summed E-state index contributed by atoms with van der Waals surface area (Å²) >= 11 is 0. The number of sulfonamides is 1. The predicted octanol–water partition coefficient (Wildman–Crippen LogP) is 2.12. The Morgan fingerprint density at radius 3 is 2.30 bits per heavy atom. The van der Waals surface area contributed by atoms with Gasteiger partial charge in [0.25, 0.3) is 0 Å². The van der Waals surface area contributed by atoms with Crippen molar-refractivity contribution >= 4 is 15.7 Å². The van der Waals surface area contributed by atoms with Gasteiger partial charge < -0.3 is 5.73 Å². The molecule has 0 heterocycles. The first kappa shape index (κ1) is 16.6. The van der Waals surface area contributed by atoms with E-state index in [1.54, 1.807) is 0 Å². The van der Waals surface area contributed by atoms with Crippen LogP contribution >= 0.6 is 0 Å². The normalized spacial score (nSPS) is 12.9. The molecular weight excluding hydrogens is 307 g/mol. The zero-order valence-electron chi connectivity index (χ0n) is 10.2. The summed E-state index contributed by atoms with van der Waals surface area (Å²) in [4.78, 5) is -1.10. The van der Waals surface area contributed by atoms with Gasteiger partial charge in [-0.1, -0.05) is 0 Å². The van der Waals surface area contributed by atoms with Crippen molar-refractivity contribution < 1.29 is 30.4 Å². The Bertz CT molecular complexity index is 600. The van der Waals surface area contributed by atoms with E-state index in [-0.39, 0.29) is 9.99 Å². The summed E-state index contributed by atoms with van der Waals surface area (Å²) in [5.74, 6) is -3.18. The van der Waals surface area contributed by atoms with Gasteiger partial charge in [-0.3, -0.25) is 0 Å². The Balaban J connectivity index is 3.11. The number of alkyl halides is 3. The minimum absolute atomic E-state index is 0.289. The van der Waals surface area contributed by atoms with Crippen molar-refractivity contribution in [3.63, 3.8) is 0 Å². The molecule has 0 spiro atoms. The molecule has 0 amide bonds. The number of halogens is 5. The summed E-state index contributed by atoms with van der Waals surface area (Å²) in [5.41, 5.74) is 4.84. The third-order valence-electron chi connectivity index (χ3n) is 2.42. The third-order valence-corrected chi connectivity index (χ3v) is 4.27. The first-order chi connectivity index (χ1) is 8.95. The van der Waals surface area contributed by atoms with Crippen molar-refractivity contribution in [3.05, 3.63) is 23.8 Å². The van der Waals surface area contributed by atoms with Crippen LogP contribution in [0.1, 0.15) is 6.42 Å². The second-order valence-electron chi connectivity index (χ2n) is 4.01. The maximum Gasteiger partial charge on any atom is 0.390 e. The molecule has 1 aromatic carbocycles. The fourth-order valence-electron chi connectivity index (χ4n) is 1.34. The summed E-state index contributed by atoms with van der Waals surface area (Å²) in [7, 11) is -3.76. The zero-order valence-corrected chi connectivity index (χ0v) is 11.0. The molecule has 0 aliphatic rings. The molecule has 10 heteroatoms. The number of anilines is 1. The highest BCUT2D eigenvalue weighted by Crippen LogP contribution is 2.25. The highest BCUT2D eigenvalue weighted by atomic mass is 32.2. The van der Waals surface area contributed by atoms with Crippen LogP contribution in [0.3, 0.4) is 0 Å². The van der Waals surface area contributed by atoms with Gasteiger partial charge in [0, 0.05) is 19.3 Å². The molecular formula is C10H11F5N2O2S. The Hall–Kier alpha value is -1.42. The zero-order chi connectivity index (χ0) is 15.7. The Labute approximate surface area is 112 Å². The SMILES string of the molecule is CN(CCC(F)(F)F)S(=O)(=O)c1cc(N)cc(F)c1F. The molecule has 1 aromatic rings. The minimum Gasteiger partial charge on any atom is -0.399 e. The van der Waals surface area contributed by atoms with Gasteiger partial charge >= 0.3 is 6.18 Å². The fourth-order valence-corrected chi connectivity index (χ4v) is 2.62. The Kier molecular flexibility index (Phi) is 4.59. The van der Waals surface area contributed by atoms with Gasteiger partial charge in [-0.2, -0.15) is 13.2 Å². The molecule has 20 heavy (non-hydrogen) atoms. The number of benzene rings is 1. The molecule has 1 rings (SSSR count). The average Bonchev–Trinajstić information content (AvgIpc) is 2.29. The number of rotatable bonds is 4. The molecule has 0 unspecified atom stereocenters. The van der Waals surface area contributed by atoms with Crippen LogP contribution in [0, 0.1) is 11.6 Å². The van der Waals surface area contributed by atoms with Gasteiger partial charge in [0.15, 0.2) is 11.6 Å². The fraction of sp³-hybridized carbons (Fsp3) is 0.400. The van der Waals surface area contributed by atoms with Gasteiger partial charge in [0.1, 0.15) is 4.90 Å². The third kappa shape index (κ3) is 3.79. The van der Waals surface area contributed by atoms with Crippen LogP contribution in [0.25, 0.3) is 0 Å². The molecule has 0 fully saturated rings. The number of hydrogen-bond acceptors (Lipinski definition) is 3.